The van der Waals surface area contributed by atoms with E-state index in [1.54, 1.807) is 32.9 Å². The van der Waals surface area contributed by atoms with E-state index in [1.807, 2.05) is 66.1 Å². The molecule has 5 rings (SSSR count). The van der Waals surface area contributed by atoms with Crippen LogP contribution in [0, 0.1) is 0 Å². The fourth-order valence-electron chi connectivity index (χ4n) is 4.03. The Hall–Kier alpha value is -2.10. The number of unbranched alkanes of at least 4 members (excludes halogenated alkanes) is 2. The SMILES string of the molecule is O=C1C(=Cc2cccs2)SC(=S)N1CCCCCC(=O)N1c2ccccc2Sc2ccc(Cl)cc21. The van der Waals surface area contributed by atoms with E-state index in [0.717, 1.165) is 45.3 Å². The number of amides is 2. The van der Waals surface area contributed by atoms with Crippen molar-refractivity contribution in [2.75, 3.05) is 11.4 Å². The third-order valence-electron chi connectivity index (χ3n) is 5.70. The molecule has 0 radical (unpaired) electrons. The molecule has 0 bridgehead atoms. The molecule has 0 atom stereocenters. The standard InChI is InChI=1S/C26H21ClN2O2S4/c27-17-11-12-22-20(15-17)29(19-8-3-4-9-21(19)34-22)24(30)10-2-1-5-13-28-25(31)23(35-26(28)32)16-18-7-6-14-33-18/h3-4,6-9,11-12,14-16H,1-2,5,10,13H2. The predicted octanol–water partition coefficient (Wildman–Crippen LogP) is 7.99. The summed E-state index contributed by atoms with van der Waals surface area (Å²) in [7, 11) is 0. The molecule has 35 heavy (non-hydrogen) atoms. The number of benzene rings is 2. The fraction of sp³-hybridized carbons (Fsp3) is 0.192. The lowest BCUT2D eigenvalue weighted by molar-refractivity contribution is -0.122. The molecule has 2 amide bonds. The van der Waals surface area contributed by atoms with E-state index < -0.39 is 0 Å². The van der Waals surface area contributed by atoms with Gasteiger partial charge in [0.25, 0.3) is 5.91 Å². The van der Waals surface area contributed by atoms with Crippen molar-refractivity contribution in [3.05, 3.63) is 74.8 Å². The summed E-state index contributed by atoms with van der Waals surface area (Å²) >= 11 is 16.3. The first-order valence-corrected chi connectivity index (χ1v) is 14.5. The lowest BCUT2D eigenvalue weighted by Gasteiger charge is -2.31. The van der Waals surface area contributed by atoms with Crippen LogP contribution in [0.4, 0.5) is 11.4 Å². The number of hydrogen-bond acceptors (Lipinski definition) is 6. The summed E-state index contributed by atoms with van der Waals surface area (Å²) in [6.07, 6.45) is 4.68. The zero-order valence-corrected chi connectivity index (χ0v) is 22.6. The Morgan fingerprint density at radius 3 is 2.63 bits per heavy atom. The van der Waals surface area contributed by atoms with E-state index in [2.05, 4.69) is 0 Å². The summed E-state index contributed by atoms with van der Waals surface area (Å²) in [5.41, 5.74) is 1.73. The molecule has 0 N–H and O–H groups in total. The molecule has 3 aromatic rings. The second kappa shape index (κ2) is 10.9. The number of para-hydroxylation sites is 1. The number of halogens is 1. The summed E-state index contributed by atoms with van der Waals surface area (Å²) in [4.78, 5) is 33.4. The Bertz CT molecular complexity index is 1320. The third kappa shape index (κ3) is 5.37. The summed E-state index contributed by atoms with van der Waals surface area (Å²) in [6.45, 7) is 0.572. The number of thioether (sulfide) groups is 1. The highest BCUT2D eigenvalue weighted by molar-refractivity contribution is 8.26. The summed E-state index contributed by atoms with van der Waals surface area (Å²) in [6, 6.07) is 17.6. The topological polar surface area (TPSA) is 40.6 Å². The molecule has 178 valence electrons. The highest BCUT2D eigenvalue weighted by Crippen LogP contribution is 2.49. The first-order valence-electron chi connectivity index (χ1n) is 11.2. The first-order chi connectivity index (χ1) is 17.0. The molecule has 1 saturated heterocycles. The van der Waals surface area contributed by atoms with E-state index in [-0.39, 0.29) is 11.8 Å². The number of rotatable bonds is 7. The van der Waals surface area contributed by atoms with Crippen molar-refractivity contribution < 1.29 is 9.59 Å². The number of hydrogen-bond donors (Lipinski definition) is 0. The van der Waals surface area contributed by atoms with Gasteiger partial charge in [-0.05, 0) is 60.7 Å². The minimum atomic E-state index is -0.0274. The summed E-state index contributed by atoms with van der Waals surface area (Å²) in [5.74, 6) is 0.0196. The molecule has 2 aliphatic heterocycles. The van der Waals surface area contributed by atoms with E-state index in [4.69, 9.17) is 23.8 Å². The van der Waals surface area contributed by atoms with Crippen LogP contribution >= 0.6 is 58.7 Å². The van der Waals surface area contributed by atoms with Crippen LogP contribution in [-0.4, -0.2) is 27.6 Å². The Morgan fingerprint density at radius 2 is 1.80 bits per heavy atom. The molecule has 9 heteroatoms. The highest BCUT2D eigenvalue weighted by atomic mass is 35.5. The van der Waals surface area contributed by atoms with Gasteiger partial charge in [-0.3, -0.25) is 19.4 Å². The third-order valence-corrected chi connectivity index (χ3v) is 9.26. The van der Waals surface area contributed by atoms with E-state index in [1.165, 1.54) is 11.8 Å². The van der Waals surface area contributed by atoms with Gasteiger partial charge in [-0.2, -0.15) is 0 Å². The van der Waals surface area contributed by atoms with Crippen molar-refractivity contribution in [1.82, 2.24) is 4.90 Å². The van der Waals surface area contributed by atoms with Gasteiger partial charge in [0, 0.05) is 32.7 Å². The van der Waals surface area contributed by atoms with Crippen molar-refractivity contribution in [2.45, 2.75) is 35.5 Å². The van der Waals surface area contributed by atoms with Gasteiger partial charge in [0.05, 0.1) is 16.3 Å². The molecular weight excluding hydrogens is 536 g/mol. The fourth-order valence-corrected chi connectivity index (χ4v) is 7.26. The van der Waals surface area contributed by atoms with Gasteiger partial charge >= 0.3 is 0 Å². The Labute approximate surface area is 227 Å². The Kier molecular flexibility index (Phi) is 7.65. The van der Waals surface area contributed by atoms with Gasteiger partial charge in [0.1, 0.15) is 4.32 Å². The smallest absolute Gasteiger partial charge is 0.266 e. The van der Waals surface area contributed by atoms with Crippen molar-refractivity contribution in [3.63, 3.8) is 0 Å². The van der Waals surface area contributed by atoms with Crippen LogP contribution in [0.1, 0.15) is 30.6 Å². The second-order valence-electron chi connectivity index (χ2n) is 8.07. The van der Waals surface area contributed by atoms with Gasteiger partial charge in [-0.1, -0.05) is 72.0 Å². The zero-order chi connectivity index (χ0) is 24.4. The van der Waals surface area contributed by atoms with Crippen LogP contribution in [0.25, 0.3) is 6.08 Å². The molecular formula is C26H21ClN2O2S4. The maximum absolute atomic E-state index is 13.3. The van der Waals surface area contributed by atoms with Gasteiger partial charge in [-0.25, -0.2) is 0 Å². The molecule has 1 aromatic heterocycles. The van der Waals surface area contributed by atoms with Crippen molar-refractivity contribution in [2.24, 2.45) is 0 Å². The minimum absolute atomic E-state index is 0.0274. The average molecular weight is 557 g/mol. The average Bonchev–Trinajstić information content (AvgIpc) is 3.45. The predicted molar refractivity (Wildman–Crippen MR) is 152 cm³/mol. The minimum Gasteiger partial charge on any atom is -0.293 e. The monoisotopic (exact) mass is 556 g/mol. The molecule has 4 nitrogen and oxygen atoms in total. The highest BCUT2D eigenvalue weighted by Gasteiger charge is 2.32. The van der Waals surface area contributed by atoms with E-state index in [0.29, 0.717) is 27.2 Å². The van der Waals surface area contributed by atoms with Crippen LogP contribution in [-0.2, 0) is 9.59 Å². The van der Waals surface area contributed by atoms with Gasteiger partial charge in [-0.15, -0.1) is 11.3 Å². The molecule has 2 aromatic carbocycles. The largest absolute Gasteiger partial charge is 0.293 e. The summed E-state index contributed by atoms with van der Waals surface area (Å²) < 4.78 is 0.602. The van der Waals surface area contributed by atoms with Crippen molar-refractivity contribution in [3.8, 4) is 0 Å². The molecule has 0 unspecified atom stereocenters. The Balaban J connectivity index is 1.18. The van der Waals surface area contributed by atoms with Gasteiger partial charge in [0.2, 0.25) is 5.91 Å². The van der Waals surface area contributed by atoms with Crippen molar-refractivity contribution in [1.29, 1.82) is 0 Å². The van der Waals surface area contributed by atoms with E-state index >= 15 is 0 Å². The number of fused-ring (bicyclic) bond motifs is 2. The van der Waals surface area contributed by atoms with Crippen LogP contribution < -0.4 is 4.90 Å². The quantitative estimate of drug-likeness (QED) is 0.167. The number of carbonyl (C=O) groups excluding carboxylic acids is 2. The molecule has 3 heterocycles. The maximum atomic E-state index is 13.3. The van der Waals surface area contributed by atoms with Crippen LogP contribution in [0.2, 0.25) is 5.02 Å². The van der Waals surface area contributed by atoms with Crippen LogP contribution in [0.15, 0.2) is 74.7 Å². The summed E-state index contributed by atoms with van der Waals surface area (Å²) in [5, 5.41) is 2.60. The van der Waals surface area contributed by atoms with Crippen molar-refractivity contribution >= 4 is 92.3 Å². The molecule has 2 aliphatic rings. The van der Waals surface area contributed by atoms with E-state index in [9.17, 15) is 9.59 Å². The normalized spacial score (nSPS) is 16.1. The molecule has 1 fully saturated rings. The number of anilines is 2. The lowest BCUT2D eigenvalue weighted by Crippen LogP contribution is -2.29. The van der Waals surface area contributed by atoms with Crippen LogP contribution in [0.5, 0.6) is 0 Å². The number of thiophene rings is 1. The zero-order valence-electron chi connectivity index (χ0n) is 18.6. The lowest BCUT2D eigenvalue weighted by atomic mass is 10.1. The molecule has 0 saturated carbocycles. The van der Waals surface area contributed by atoms with Gasteiger partial charge in [0.15, 0.2) is 0 Å². The number of thiocarbonyl (C=S) groups is 1. The first kappa shape index (κ1) is 24.6. The molecule has 0 spiro atoms. The maximum Gasteiger partial charge on any atom is 0.266 e. The molecule has 0 aliphatic carbocycles. The van der Waals surface area contributed by atoms with Gasteiger partial charge < -0.3 is 0 Å². The number of nitrogens with zero attached hydrogens (tertiary/aromatic N) is 2. The number of carbonyl (C=O) groups is 2. The van der Waals surface area contributed by atoms with Crippen LogP contribution in [0.3, 0.4) is 0 Å². The Morgan fingerprint density at radius 1 is 0.971 bits per heavy atom. The second-order valence-corrected chi connectivity index (χ2v) is 12.2.